The van der Waals surface area contributed by atoms with Crippen molar-refractivity contribution in [2.45, 2.75) is 0 Å². The van der Waals surface area contributed by atoms with Crippen molar-refractivity contribution in [3.8, 4) is 11.4 Å². The first-order valence-electron chi connectivity index (χ1n) is 8.26. The lowest BCUT2D eigenvalue weighted by Gasteiger charge is -2.07. The van der Waals surface area contributed by atoms with Crippen LogP contribution < -0.4 is 10.2 Å². The molecule has 0 aliphatic rings. The van der Waals surface area contributed by atoms with Gasteiger partial charge in [-0.25, -0.2) is 5.43 Å². The monoisotopic (exact) mass is 432 g/mol. The van der Waals surface area contributed by atoms with Gasteiger partial charge in [-0.15, -0.1) is 0 Å². The Kier molecular flexibility index (Phi) is 6.48. The van der Waals surface area contributed by atoms with Gasteiger partial charge in [0.15, 0.2) is 6.61 Å². The number of halogens is 2. The van der Waals surface area contributed by atoms with Crippen molar-refractivity contribution < 1.29 is 14.5 Å². The lowest BCUT2D eigenvalue weighted by molar-refractivity contribution is -0.384. The number of carbonyl (C=O) groups excluding carboxylic acids is 1. The fraction of sp³-hybridized carbons (Fsp3) is 0.0526. The highest BCUT2D eigenvalue weighted by Crippen LogP contribution is 2.27. The van der Waals surface area contributed by atoms with Gasteiger partial charge in [-0.3, -0.25) is 14.9 Å². The fourth-order valence-corrected chi connectivity index (χ4v) is 2.87. The first-order valence-corrected chi connectivity index (χ1v) is 9.01. The maximum absolute atomic E-state index is 11.9. The number of nitrogens with zero attached hydrogens (tertiary/aromatic N) is 3. The zero-order valence-corrected chi connectivity index (χ0v) is 16.3. The Bertz CT molecular complexity index is 1060. The predicted molar refractivity (Wildman–Crippen MR) is 110 cm³/mol. The summed E-state index contributed by atoms with van der Waals surface area (Å²) in [4.78, 5) is 22.2. The molecule has 3 aromatic rings. The van der Waals surface area contributed by atoms with Gasteiger partial charge < -0.3 is 9.30 Å². The smallest absolute Gasteiger partial charge is 0.277 e. The molecule has 10 heteroatoms. The average molecular weight is 433 g/mol. The molecule has 0 spiro atoms. The molecular weight excluding hydrogens is 419 g/mol. The Morgan fingerprint density at radius 3 is 2.66 bits per heavy atom. The van der Waals surface area contributed by atoms with Crippen LogP contribution in [-0.2, 0) is 4.79 Å². The highest BCUT2D eigenvalue weighted by molar-refractivity contribution is 6.35. The number of hydrogen-bond acceptors (Lipinski definition) is 5. The summed E-state index contributed by atoms with van der Waals surface area (Å²) in [5.74, 6) is -0.136. The summed E-state index contributed by atoms with van der Waals surface area (Å²) in [5.41, 5.74) is 3.75. The highest BCUT2D eigenvalue weighted by atomic mass is 35.5. The Labute approximate surface area is 175 Å². The van der Waals surface area contributed by atoms with Gasteiger partial charge in [-0.05, 0) is 42.5 Å². The first-order chi connectivity index (χ1) is 13.9. The van der Waals surface area contributed by atoms with E-state index < -0.39 is 10.8 Å². The van der Waals surface area contributed by atoms with Gasteiger partial charge in [0, 0.05) is 29.0 Å². The molecule has 0 atom stereocenters. The van der Waals surface area contributed by atoms with Crippen molar-refractivity contribution in [1.82, 2.24) is 9.99 Å². The molecule has 0 aliphatic heterocycles. The van der Waals surface area contributed by atoms with Gasteiger partial charge in [0.05, 0.1) is 21.9 Å². The number of nitrogens with one attached hydrogen (secondary N) is 1. The van der Waals surface area contributed by atoms with E-state index in [-0.39, 0.29) is 12.3 Å². The summed E-state index contributed by atoms with van der Waals surface area (Å²) in [6.07, 6.45) is 3.23. The van der Waals surface area contributed by atoms with E-state index in [0.29, 0.717) is 27.2 Å². The molecule has 1 amide bonds. The first kappa shape index (κ1) is 20.4. The molecule has 0 unspecified atom stereocenters. The second-order valence-corrected chi connectivity index (χ2v) is 6.58. The van der Waals surface area contributed by atoms with Crippen LogP contribution in [0.2, 0.25) is 10.0 Å². The number of ether oxygens (including phenoxy) is 1. The molecule has 8 nitrogen and oxygen atoms in total. The fourth-order valence-electron chi connectivity index (χ4n) is 2.41. The van der Waals surface area contributed by atoms with Crippen molar-refractivity contribution in [1.29, 1.82) is 0 Å². The molecule has 148 valence electrons. The minimum absolute atomic E-state index is 0.00387. The lowest BCUT2D eigenvalue weighted by Crippen LogP contribution is -2.24. The van der Waals surface area contributed by atoms with E-state index in [1.807, 2.05) is 0 Å². The molecule has 2 aromatic carbocycles. The molecule has 29 heavy (non-hydrogen) atoms. The van der Waals surface area contributed by atoms with Gasteiger partial charge in [0.1, 0.15) is 5.75 Å². The number of hydrogen-bond donors (Lipinski definition) is 1. The summed E-state index contributed by atoms with van der Waals surface area (Å²) in [7, 11) is 0. The second-order valence-electron chi connectivity index (χ2n) is 5.73. The van der Waals surface area contributed by atoms with Gasteiger partial charge in [-0.2, -0.15) is 5.10 Å². The average Bonchev–Trinajstić information content (AvgIpc) is 3.16. The third-order valence-corrected chi connectivity index (χ3v) is 4.29. The van der Waals surface area contributed by atoms with Gasteiger partial charge in [0.25, 0.3) is 11.6 Å². The predicted octanol–water partition coefficient (Wildman–Crippen LogP) is 4.22. The Morgan fingerprint density at radius 1 is 1.21 bits per heavy atom. The summed E-state index contributed by atoms with van der Waals surface area (Å²) < 4.78 is 7.10. The van der Waals surface area contributed by atoms with Gasteiger partial charge >= 0.3 is 0 Å². The number of hydrazone groups is 1. The van der Waals surface area contributed by atoms with E-state index in [1.54, 1.807) is 47.2 Å². The Morgan fingerprint density at radius 2 is 1.97 bits per heavy atom. The van der Waals surface area contributed by atoms with E-state index >= 15 is 0 Å². The molecule has 0 saturated heterocycles. The van der Waals surface area contributed by atoms with Crippen molar-refractivity contribution in [3.63, 3.8) is 0 Å². The molecule has 0 saturated carbocycles. The summed E-state index contributed by atoms with van der Waals surface area (Å²) >= 11 is 11.8. The Hall–Kier alpha value is -3.36. The quantitative estimate of drug-likeness (QED) is 0.343. The van der Waals surface area contributed by atoms with E-state index in [9.17, 15) is 14.9 Å². The van der Waals surface area contributed by atoms with Crippen LogP contribution >= 0.6 is 23.2 Å². The van der Waals surface area contributed by atoms with Crippen molar-refractivity contribution in [3.05, 3.63) is 86.6 Å². The van der Waals surface area contributed by atoms with Crippen LogP contribution in [0.15, 0.2) is 65.9 Å². The lowest BCUT2D eigenvalue weighted by atomic mass is 10.3. The summed E-state index contributed by atoms with van der Waals surface area (Å²) in [6, 6.07) is 14.3. The number of aromatic nitrogens is 1. The second kappa shape index (κ2) is 9.22. The minimum atomic E-state index is -0.472. The van der Waals surface area contributed by atoms with Crippen molar-refractivity contribution in [2.75, 3.05) is 6.61 Å². The Balaban J connectivity index is 1.59. The maximum Gasteiger partial charge on any atom is 0.277 e. The van der Waals surface area contributed by atoms with Crippen molar-refractivity contribution in [2.24, 2.45) is 5.10 Å². The number of nitro benzene ring substituents is 1. The maximum atomic E-state index is 11.9. The standard InChI is InChI=1S/C19H14Cl2N4O4/c20-13-3-8-18(17(21)10-13)29-12-19(26)23-22-11-16-2-1-9-24(16)14-4-6-15(7-5-14)25(27)28/h1-11H,12H2,(H,23,26). The van der Waals surface area contributed by atoms with Crippen molar-refractivity contribution >= 4 is 41.0 Å². The minimum Gasteiger partial charge on any atom is -0.482 e. The molecule has 0 fully saturated rings. The topological polar surface area (TPSA) is 98.8 Å². The van der Waals surface area contributed by atoms with Crippen LogP contribution in [0.1, 0.15) is 5.69 Å². The molecule has 1 heterocycles. The van der Waals surface area contributed by atoms with Crippen LogP contribution in [0.4, 0.5) is 5.69 Å². The highest BCUT2D eigenvalue weighted by Gasteiger charge is 2.08. The van der Waals surface area contributed by atoms with Crippen LogP contribution in [0.25, 0.3) is 5.69 Å². The van der Waals surface area contributed by atoms with E-state index in [4.69, 9.17) is 27.9 Å². The molecule has 0 aliphatic carbocycles. The van der Waals surface area contributed by atoms with E-state index in [0.717, 1.165) is 0 Å². The number of amides is 1. The summed E-state index contributed by atoms with van der Waals surface area (Å²) in [6.45, 7) is -0.276. The SMILES string of the molecule is O=C(COc1ccc(Cl)cc1Cl)NN=Cc1cccn1-c1ccc([N+](=O)[O-])cc1. The number of carbonyl (C=O) groups is 1. The normalized spacial score (nSPS) is 10.8. The molecule has 0 bridgehead atoms. The number of non-ortho nitro benzene ring substituents is 1. The van der Waals surface area contributed by atoms with Crippen LogP contribution in [-0.4, -0.2) is 28.2 Å². The molecule has 0 radical (unpaired) electrons. The van der Waals surface area contributed by atoms with E-state index in [1.165, 1.54) is 24.4 Å². The number of nitro groups is 1. The third-order valence-electron chi connectivity index (χ3n) is 3.76. The van der Waals surface area contributed by atoms with E-state index in [2.05, 4.69) is 10.5 Å². The van der Waals surface area contributed by atoms with Crippen LogP contribution in [0.3, 0.4) is 0 Å². The number of benzene rings is 2. The van der Waals surface area contributed by atoms with Crippen LogP contribution in [0, 0.1) is 10.1 Å². The largest absolute Gasteiger partial charge is 0.482 e. The zero-order chi connectivity index (χ0) is 20.8. The third kappa shape index (κ3) is 5.34. The number of rotatable bonds is 7. The summed E-state index contributed by atoms with van der Waals surface area (Å²) in [5, 5.41) is 15.4. The zero-order valence-electron chi connectivity index (χ0n) is 14.8. The van der Waals surface area contributed by atoms with Gasteiger partial charge in [0.2, 0.25) is 0 Å². The molecule has 1 aromatic heterocycles. The molecule has 1 N–H and O–H groups in total. The van der Waals surface area contributed by atoms with Gasteiger partial charge in [-0.1, -0.05) is 23.2 Å². The van der Waals surface area contributed by atoms with Crippen LogP contribution in [0.5, 0.6) is 5.75 Å². The molecular formula is C19H14Cl2N4O4. The molecule has 3 rings (SSSR count).